The number of hydrogen-bond acceptors (Lipinski definition) is 5. The Morgan fingerprint density at radius 1 is 1.16 bits per heavy atom. The average molecular weight is 425 g/mol. The van der Waals surface area contributed by atoms with Gasteiger partial charge in [0.05, 0.1) is 17.2 Å². The molecule has 0 fully saturated rings. The van der Waals surface area contributed by atoms with Gasteiger partial charge in [0.25, 0.3) is 0 Å². The number of halogens is 2. The van der Waals surface area contributed by atoms with Crippen LogP contribution < -0.4 is 5.32 Å². The highest BCUT2D eigenvalue weighted by Crippen LogP contribution is 2.25. The summed E-state index contributed by atoms with van der Waals surface area (Å²) in [6.45, 7) is 0.129. The van der Waals surface area contributed by atoms with Crippen LogP contribution in [0.15, 0.2) is 69.8 Å². The zero-order valence-corrected chi connectivity index (χ0v) is 15.4. The molecule has 0 spiro atoms. The number of esters is 1. The molecule has 3 rings (SSSR count). The first kappa shape index (κ1) is 17.9. The Morgan fingerprint density at radius 2 is 1.88 bits per heavy atom. The predicted molar refractivity (Wildman–Crippen MR) is 98.2 cm³/mol. The third-order valence-corrected chi connectivity index (χ3v) is 4.42. The number of ether oxygens (including phenoxy) is 3. The van der Waals surface area contributed by atoms with Crippen molar-refractivity contribution in [2.24, 2.45) is 0 Å². The largest absolute Gasteiger partial charge is 0.426 e. The molecule has 1 aliphatic heterocycles. The van der Waals surface area contributed by atoms with Gasteiger partial charge < -0.3 is 19.5 Å². The molecule has 1 atom stereocenters. The summed E-state index contributed by atoms with van der Waals surface area (Å²) in [5.74, 6) is -0.531. The van der Waals surface area contributed by atoms with E-state index in [4.69, 9.17) is 25.8 Å². The third kappa shape index (κ3) is 4.61. The van der Waals surface area contributed by atoms with Crippen LogP contribution in [-0.4, -0.2) is 25.7 Å². The summed E-state index contributed by atoms with van der Waals surface area (Å²) in [4.78, 5) is 12.5. The summed E-state index contributed by atoms with van der Waals surface area (Å²) < 4.78 is 16.9. The molecule has 25 heavy (non-hydrogen) atoms. The highest BCUT2D eigenvalue weighted by Gasteiger charge is 2.27. The summed E-state index contributed by atoms with van der Waals surface area (Å²) in [5.41, 5.74) is 1.63. The predicted octanol–water partition coefficient (Wildman–Crippen LogP) is 4.50. The highest BCUT2D eigenvalue weighted by atomic mass is 79.9. The van der Waals surface area contributed by atoms with Crippen LogP contribution in [0, 0.1) is 0 Å². The zero-order valence-electron chi connectivity index (χ0n) is 13.1. The van der Waals surface area contributed by atoms with Crippen molar-refractivity contribution in [3.63, 3.8) is 0 Å². The van der Waals surface area contributed by atoms with Gasteiger partial charge in [0.1, 0.15) is 5.70 Å². The van der Waals surface area contributed by atoms with Gasteiger partial charge in [-0.2, -0.15) is 0 Å². The first-order chi connectivity index (χ1) is 12.1. The number of carbonyl (C=O) groups excluding carboxylic acids is 1. The molecule has 0 bridgehead atoms. The van der Waals surface area contributed by atoms with E-state index >= 15 is 0 Å². The first-order valence-electron chi connectivity index (χ1n) is 7.50. The highest BCUT2D eigenvalue weighted by molar-refractivity contribution is 9.10. The van der Waals surface area contributed by atoms with Crippen LogP contribution in [0.1, 0.15) is 10.4 Å². The molecule has 0 aromatic heterocycles. The second-order valence-electron chi connectivity index (χ2n) is 5.16. The Bertz CT molecular complexity index is 782. The summed E-state index contributed by atoms with van der Waals surface area (Å²) in [6, 6.07) is 16.4. The zero-order chi connectivity index (χ0) is 17.6. The van der Waals surface area contributed by atoms with Crippen LogP contribution in [-0.2, 0) is 14.2 Å². The molecule has 0 saturated carbocycles. The van der Waals surface area contributed by atoms with Crippen molar-refractivity contribution in [2.45, 2.75) is 6.29 Å². The lowest BCUT2D eigenvalue weighted by Crippen LogP contribution is -2.27. The Morgan fingerprint density at radius 3 is 2.64 bits per heavy atom. The van der Waals surface area contributed by atoms with Gasteiger partial charge in [-0.1, -0.05) is 41.9 Å². The maximum atomic E-state index is 12.5. The van der Waals surface area contributed by atoms with Crippen LogP contribution >= 0.6 is 27.5 Å². The normalized spacial score (nSPS) is 17.8. The number of benzene rings is 2. The van der Waals surface area contributed by atoms with Crippen LogP contribution in [0.3, 0.4) is 0 Å². The van der Waals surface area contributed by atoms with Crippen molar-refractivity contribution in [1.82, 2.24) is 0 Å². The topological polar surface area (TPSA) is 56.8 Å². The maximum Gasteiger partial charge on any atom is 0.341 e. The van der Waals surface area contributed by atoms with Crippen molar-refractivity contribution in [1.29, 1.82) is 0 Å². The van der Waals surface area contributed by atoms with Gasteiger partial charge in [-0.05, 0) is 40.2 Å². The standard InChI is InChI=1S/C18H15BrClNO4/c19-14-9-5-4-8-13(14)17(22)25-18-16(15(20)10-23-11-24-18)21-12-6-2-1-3-7-12/h1-9,18,21H,10-11H2. The molecule has 1 heterocycles. The van der Waals surface area contributed by atoms with Crippen LogP contribution in [0.4, 0.5) is 5.69 Å². The molecule has 1 unspecified atom stereocenters. The van der Waals surface area contributed by atoms with Crippen molar-refractivity contribution in [3.05, 3.63) is 75.4 Å². The fourth-order valence-corrected chi connectivity index (χ4v) is 2.87. The number of anilines is 1. The Labute approximate surface area is 158 Å². The van der Waals surface area contributed by atoms with Crippen molar-refractivity contribution < 1.29 is 19.0 Å². The van der Waals surface area contributed by atoms with Crippen LogP contribution in [0.25, 0.3) is 0 Å². The van der Waals surface area contributed by atoms with E-state index in [-0.39, 0.29) is 13.4 Å². The van der Waals surface area contributed by atoms with E-state index < -0.39 is 12.3 Å². The van der Waals surface area contributed by atoms with Gasteiger partial charge in [-0.3, -0.25) is 0 Å². The Hall–Kier alpha value is -1.86. The van der Waals surface area contributed by atoms with Gasteiger partial charge in [0, 0.05) is 10.2 Å². The van der Waals surface area contributed by atoms with Gasteiger partial charge in [-0.25, -0.2) is 4.79 Å². The molecule has 0 saturated heterocycles. The molecular formula is C18H15BrClNO4. The van der Waals surface area contributed by atoms with E-state index in [9.17, 15) is 4.79 Å². The molecule has 2 aromatic rings. The lowest BCUT2D eigenvalue weighted by molar-refractivity contribution is -0.143. The van der Waals surface area contributed by atoms with Crippen molar-refractivity contribution in [2.75, 3.05) is 18.7 Å². The minimum atomic E-state index is -1.00. The van der Waals surface area contributed by atoms with Gasteiger partial charge in [0.2, 0.25) is 6.29 Å². The number of carbonyl (C=O) groups is 1. The van der Waals surface area contributed by atoms with E-state index in [0.29, 0.717) is 20.8 Å². The maximum absolute atomic E-state index is 12.5. The molecule has 130 valence electrons. The van der Waals surface area contributed by atoms with E-state index in [1.807, 2.05) is 36.4 Å². The number of hydrogen-bond donors (Lipinski definition) is 1. The van der Waals surface area contributed by atoms with E-state index in [1.165, 1.54) is 0 Å². The van der Waals surface area contributed by atoms with Crippen molar-refractivity contribution >= 4 is 39.2 Å². The SMILES string of the molecule is O=C(OC1OCOCC(Cl)=C1Nc1ccccc1)c1ccccc1Br. The second-order valence-corrected chi connectivity index (χ2v) is 6.47. The van der Waals surface area contributed by atoms with E-state index in [2.05, 4.69) is 21.2 Å². The van der Waals surface area contributed by atoms with Gasteiger partial charge >= 0.3 is 5.97 Å². The molecule has 0 amide bonds. The molecule has 0 radical (unpaired) electrons. The van der Waals surface area contributed by atoms with E-state index in [1.54, 1.807) is 18.2 Å². The molecule has 1 N–H and O–H groups in total. The minimum absolute atomic E-state index is 0.0376. The minimum Gasteiger partial charge on any atom is -0.426 e. The van der Waals surface area contributed by atoms with E-state index in [0.717, 1.165) is 5.69 Å². The molecule has 0 aliphatic carbocycles. The molecule has 5 nitrogen and oxygen atoms in total. The molecular weight excluding hydrogens is 410 g/mol. The molecule has 1 aliphatic rings. The van der Waals surface area contributed by atoms with Crippen LogP contribution in [0.5, 0.6) is 0 Å². The fraction of sp³-hybridized carbons (Fsp3) is 0.167. The van der Waals surface area contributed by atoms with Gasteiger partial charge in [0.15, 0.2) is 6.79 Å². The first-order valence-corrected chi connectivity index (χ1v) is 8.67. The molecule has 2 aromatic carbocycles. The summed E-state index contributed by atoms with van der Waals surface area (Å²) in [6.07, 6.45) is -1.00. The monoisotopic (exact) mass is 423 g/mol. The Balaban J connectivity index is 1.83. The number of rotatable bonds is 4. The smallest absolute Gasteiger partial charge is 0.341 e. The second kappa shape index (κ2) is 8.49. The average Bonchev–Trinajstić information content (AvgIpc) is 2.79. The number of para-hydroxylation sites is 1. The van der Waals surface area contributed by atoms with Crippen molar-refractivity contribution in [3.8, 4) is 0 Å². The Kier molecular flexibility index (Phi) is 6.09. The summed E-state index contributed by atoms with van der Waals surface area (Å²) >= 11 is 9.64. The van der Waals surface area contributed by atoms with Gasteiger partial charge in [-0.15, -0.1) is 0 Å². The lowest BCUT2D eigenvalue weighted by Gasteiger charge is -2.21. The van der Waals surface area contributed by atoms with Crippen LogP contribution in [0.2, 0.25) is 0 Å². The summed E-state index contributed by atoms with van der Waals surface area (Å²) in [5, 5.41) is 3.53. The third-order valence-electron chi connectivity index (χ3n) is 3.42. The number of nitrogens with one attached hydrogen (secondary N) is 1. The fourth-order valence-electron chi connectivity index (χ4n) is 2.21. The summed E-state index contributed by atoms with van der Waals surface area (Å²) in [7, 11) is 0. The lowest BCUT2D eigenvalue weighted by atomic mass is 10.2. The molecule has 7 heteroatoms. The quantitative estimate of drug-likeness (QED) is 0.733.